The smallest absolute Gasteiger partial charge is 0.253 e. The Labute approximate surface area is 131 Å². The number of ether oxygens (including phenoxy) is 2. The van der Waals surface area contributed by atoms with E-state index >= 15 is 0 Å². The first-order chi connectivity index (χ1) is 10.7. The van der Waals surface area contributed by atoms with Crippen molar-refractivity contribution in [1.82, 2.24) is 9.88 Å². The summed E-state index contributed by atoms with van der Waals surface area (Å²) < 4.78 is 11.7. The predicted octanol–water partition coefficient (Wildman–Crippen LogP) is 2.13. The van der Waals surface area contributed by atoms with Gasteiger partial charge in [0.1, 0.15) is 0 Å². The number of hydrogen-bond acceptors (Lipinski definition) is 4. The lowest BCUT2D eigenvalue weighted by Crippen LogP contribution is -2.58. The van der Waals surface area contributed by atoms with Crippen LogP contribution < -0.4 is 0 Å². The van der Waals surface area contributed by atoms with Crippen molar-refractivity contribution in [1.29, 1.82) is 0 Å². The van der Waals surface area contributed by atoms with Crippen molar-refractivity contribution in [2.24, 2.45) is 5.41 Å². The summed E-state index contributed by atoms with van der Waals surface area (Å²) in [7, 11) is 0. The molecule has 0 spiro atoms. The van der Waals surface area contributed by atoms with E-state index < -0.39 is 0 Å². The van der Waals surface area contributed by atoms with Crippen molar-refractivity contribution in [2.75, 3.05) is 32.9 Å². The number of rotatable bonds is 4. The van der Waals surface area contributed by atoms with Crippen LogP contribution in [0.3, 0.4) is 0 Å². The van der Waals surface area contributed by atoms with E-state index in [2.05, 4.69) is 4.98 Å². The number of amides is 1. The van der Waals surface area contributed by atoms with Gasteiger partial charge in [0.15, 0.2) is 0 Å². The zero-order valence-corrected chi connectivity index (χ0v) is 13.2. The van der Waals surface area contributed by atoms with Crippen LogP contribution in [0.4, 0.5) is 0 Å². The number of carbonyl (C=O) groups is 1. The number of piperidine rings is 1. The molecule has 3 heterocycles. The average molecular weight is 304 g/mol. The van der Waals surface area contributed by atoms with Crippen LogP contribution in [-0.2, 0) is 9.47 Å². The molecule has 5 heteroatoms. The molecule has 0 saturated carbocycles. The van der Waals surface area contributed by atoms with E-state index in [1.807, 2.05) is 11.8 Å². The SMILES string of the molecule is CCOC[C@]12CCCO[C@H]1CCN(C(=O)c1ccncc1)C2. The van der Waals surface area contributed by atoms with E-state index in [1.165, 1.54) is 0 Å². The first-order valence-electron chi connectivity index (χ1n) is 8.14. The number of carbonyl (C=O) groups excluding carboxylic acids is 1. The first-order valence-corrected chi connectivity index (χ1v) is 8.14. The van der Waals surface area contributed by atoms with E-state index in [0.717, 1.165) is 39.0 Å². The summed E-state index contributed by atoms with van der Waals surface area (Å²) in [5.41, 5.74) is 0.659. The monoisotopic (exact) mass is 304 g/mol. The third-order valence-corrected chi connectivity index (χ3v) is 4.80. The molecule has 5 nitrogen and oxygen atoms in total. The molecule has 1 amide bonds. The second-order valence-corrected chi connectivity index (χ2v) is 6.21. The lowest BCUT2D eigenvalue weighted by molar-refractivity contribution is -0.146. The first kappa shape index (κ1) is 15.4. The minimum atomic E-state index is -0.0464. The summed E-state index contributed by atoms with van der Waals surface area (Å²) in [6.45, 7) is 5.69. The third kappa shape index (κ3) is 3.01. The highest BCUT2D eigenvalue weighted by atomic mass is 16.5. The molecule has 22 heavy (non-hydrogen) atoms. The molecule has 2 saturated heterocycles. The van der Waals surface area contributed by atoms with Crippen molar-refractivity contribution in [3.63, 3.8) is 0 Å². The van der Waals surface area contributed by atoms with Crippen molar-refractivity contribution in [3.8, 4) is 0 Å². The van der Waals surface area contributed by atoms with Gasteiger partial charge >= 0.3 is 0 Å². The molecule has 2 fully saturated rings. The number of nitrogens with zero attached hydrogens (tertiary/aromatic N) is 2. The second-order valence-electron chi connectivity index (χ2n) is 6.21. The number of fused-ring (bicyclic) bond motifs is 1. The van der Waals surface area contributed by atoms with Crippen LogP contribution in [0, 0.1) is 5.41 Å². The molecular weight excluding hydrogens is 280 g/mol. The van der Waals surface area contributed by atoms with Crippen molar-refractivity contribution in [3.05, 3.63) is 30.1 Å². The van der Waals surface area contributed by atoms with Gasteiger partial charge in [-0.25, -0.2) is 0 Å². The van der Waals surface area contributed by atoms with Gasteiger partial charge in [-0.1, -0.05) is 0 Å². The van der Waals surface area contributed by atoms with Crippen LogP contribution >= 0.6 is 0 Å². The Morgan fingerprint density at radius 3 is 3.09 bits per heavy atom. The number of aromatic nitrogens is 1. The molecule has 0 aromatic carbocycles. The van der Waals surface area contributed by atoms with Crippen LogP contribution in [-0.4, -0.2) is 54.8 Å². The second kappa shape index (κ2) is 6.75. The van der Waals surface area contributed by atoms with Gasteiger partial charge in [0.25, 0.3) is 5.91 Å². The molecule has 0 unspecified atom stereocenters. The van der Waals surface area contributed by atoms with Gasteiger partial charge in [0, 0.05) is 49.7 Å². The number of hydrogen-bond donors (Lipinski definition) is 0. The highest BCUT2D eigenvalue weighted by Gasteiger charge is 2.47. The van der Waals surface area contributed by atoms with E-state index in [-0.39, 0.29) is 17.4 Å². The van der Waals surface area contributed by atoms with Gasteiger partial charge in [0.05, 0.1) is 12.7 Å². The highest BCUT2D eigenvalue weighted by Crippen LogP contribution is 2.40. The zero-order chi connectivity index (χ0) is 15.4. The number of pyridine rings is 1. The molecule has 1 aromatic heterocycles. The predicted molar refractivity (Wildman–Crippen MR) is 82.7 cm³/mol. The molecule has 0 aliphatic carbocycles. The Bertz CT molecular complexity index is 508. The fourth-order valence-electron chi connectivity index (χ4n) is 3.66. The molecule has 120 valence electrons. The summed E-state index contributed by atoms with van der Waals surface area (Å²) in [6, 6.07) is 3.56. The van der Waals surface area contributed by atoms with Gasteiger partial charge in [-0.2, -0.15) is 0 Å². The summed E-state index contributed by atoms with van der Waals surface area (Å²) >= 11 is 0. The lowest BCUT2D eigenvalue weighted by atomic mass is 9.73. The molecule has 3 rings (SSSR count). The topological polar surface area (TPSA) is 51.7 Å². The lowest BCUT2D eigenvalue weighted by Gasteiger charge is -2.50. The van der Waals surface area contributed by atoms with Crippen LogP contribution in [0.2, 0.25) is 0 Å². The summed E-state index contributed by atoms with van der Waals surface area (Å²) in [5, 5.41) is 0. The standard InChI is InChI=1S/C17H24N2O3/c1-2-21-13-17-7-3-11-22-15(17)6-10-19(12-17)16(20)14-4-8-18-9-5-14/h4-5,8-9,15H,2-3,6-7,10-13H2,1H3/t15-,17+/m0/s1. The van der Waals surface area contributed by atoms with E-state index in [0.29, 0.717) is 18.8 Å². The summed E-state index contributed by atoms with van der Waals surface area (Å²) in [6.07, 6.45) is 6.55. The maximum Gasteiger partial charge on any atom is 0.253 e. The molecular formula is C17H24N2O3. The molecule has 2 aliphatic rings. The maximum atomic E-state index is 12.7. The molecule has 0 radical (unpaired) electrons. The van der Waals surface area contributed by atoms with Gasteiger partial charge in [-0.3, -0.25) is 9.78 Å². The Balaban J connectivity index is 1.76. The summed E-state index contributed by atoms with van der Waals surface area (Å²) in [4.78, 5) is 18.6. The van der Waals surface area contributed by atoms with Gasteiger partial charge in [0.2, 0.25) is 0 Å². The Morgan fingerprint density at radius 1 is 1.50 bits per heavy atom. The number of likely N-dealkylation sites (tertiary alicyclic amines) is 1. The van der Waals surface area contributed by atoms with Crippen molar-refractivity contribution < 1.29 is 14.3 Å². The Hall–Kier alpha value is -1.46. The fourth-order valence-corrected chi connectivity index (χ4v) is 3.66. The molecule has 2 aliphatic heterocycles. The fraction of sp³-hybridized carbons (Fsp3) is 0.647. The molecule has 0 bridgehead atoms. The van der Waals surface area contributed by atoms with Gasteiger partial charge in [-0.05, 0) is 38.3 Å². The summed E-state index contributed by atoms with van der Waals surface area (Å²) in [5.74, 6) is 0.0855. The molecule has 0 N–H and O–H groups in total. The quantitative estimate of drug-likeness (QED) is 0.855. The van der Waals surface area contributed by atoms with Crippen LogP contribution in [0.1, 0.15) is 36.5 Å². The molecule has 2 atom stereocenters. The van der Waals surface area contributed by atoms with Gasteiger partial charge in [-0.15, -0.1) is 0 Å². The van der Waals surface area contributed by atoms with E-state index in [9.17, 15) is 4.79 Å². The molecule has 1 aromatic rings. The Morgan fingerprint density at radius 2 is 2.32 bits per heavy atom. The van der Waals surface area contributed by atoms with Crippen LogP contribution in [0.15, 0.2) is 24.5 Å². The third-order valence-electron chi connectivity index (χ3n) is 4.80. The Kier molecular flexibility index (Phi) is 4.74. The van der Waals surface area contributed by atoms with E-state index in [4.69, 9.17) is 9.47 Å². The van der Waals surface area contributed by atoms with Gasteiger partial charge < -0.3 is 14.4 Å². The highest BCUT2D eigenvalue weighted by molar-refractivity contribution is 5.94. The van der Waals surface area contributed by atoms with Crippen molar-refractivity contribution >= 4 is 5.91 Å². The van der Waals surface area contributed by atoms with Crippen molar-refractivity contribution in [2.45, 2.75) is 32.3 Å². The van der Waals surface area contributed by atoms with E-state index in [1.54, 1.807) is 24.5 Å². The minimum absolute atomic E-state index is 0.0464. The van der Waals surface area contributed by atoms with Crippen LogP contribution in [0.5, 0.6) is 0 Å². The average Bonchev–Trinajstić information content (AvgIpc) is 2.59. The van der Waals surface area contributed by atoms with Crippen LogP contribution in [0.25, 0.3) is 0 Å². The normalized spacial score (nSPS) is 28.2. The zero-order valence-electron chi connectivity index (χ0n) is 13.2. The maximum absolute atomic E-state index is 12.7. The largest absolute Gasteiger partial charge is 0.381 e. The minimum Gasteiger partial charge on any atom is -0.381 e.